The van der Waals surface area contributed by atoms with Gasteiger partial charge in [-0.1, -0.05) is 6.92 Å². The van der Waals surface area contributed by atoms with Crippen molar-refractivity contribution in [2.45, 2.75) is 38.9 Å². The van der Waals surface area contributed by atoms with E-state index in [9.17, 15) is 14.7 Å². The summed E-state index contributed by atoms with van der Waals surface area (Å²) < 4.78 is 40.2. The van der Waals surface area contributed by atoms with Crippen molar-refractivity contribution in [3.8, 4) is 45.6 Å². The molecule has 0 amide bonds. The van der Waals surface area contributed by atoms with E-state index in [1.807, 2.05) is 13.0 Å². The van der Waals surface area contributed by atoms with Gasteiger partial charge in [0.2, 0.25) is 18.3 Å². The molecule has 0 aromatic heterocycles. The van der Waals surface area contributed by atoms with E-state index < -0.39 is 29.5 Å². The highest BCUT2D eigenvalue weighted by atomic mass is 16.7. The van der Waals surface area contributed by atoms with E-state index in [1.54, 1.807) is 13.0 Å². The lowest BCUT2D eigenvalue weighted by atomic mass is 9.73. The Balaban J connectivity index is 2.16. The van der Waals surface area contributed by atoms with Crippen LogP contribution in [-0.4, -0.2) is 58.2 Å². The summed E-state index contributed by atoms with van der Waals surface area (Å²) in [6.45, 7) is 4.92. The molecule has 200 valence electrons. The molecular formula is C27H32O10. The van der Waals surface area contributed by atoms with Crippen LogP contribution in [-0.2, 0) is 20.7 Å². The number of methoxy groups -OCH3 is 4. The monoisotopic (exact) mass is 516 g/mol. The molecule has 0 fully saturated rings. The normalized spacial score (nSPS) is 22.5. The highest BCUT2D eigenvalue weighted by Gasteiger charge is 2.47. The molecule has 4 rings (SSSR count). The van der Waals surface area contributed by atoms with Crippen LogP contribution in [0.3, 0.4) is 0 Å². The van der Waals surface area contributed by atoms with Gasteiger partial charge in [0.1, 0.15) is 17.8 Å². The van der Waals surface area contributed by atoms with Crippen LogP contribution in [0, 0.1) is 11.8 Å². The lowest BCUT2D eigenvalue weighted by Gasteiger charge is -2.41. The van der Waals surface area contributed by atoms with Gasteiger partial charge in [-0.3, -0.25) is 4.79 Å². The standard InChI is InChI=1S/C27H32O10/c1-13(11-28)26(29)37-25-16-10-17(31-4)21(32-5)24(34-7)20(16)19-15(8-14(2)27(25,3)30)9-18-22(23(19)33-6)36-12-35-18/h9-11,13-14,25,30H,8,12H2,1-7H3/t13-,14-,25+,27+/m1/s1. The summed E-state index contributed by atoms with van der Waals surface area (Å²) in [5, 5.41) is 11.9. The maximum absolute atomic E-state index is 12.9. The third kappa shape index (κ3) is 4.19. The molecule has 0 spiro atoms. The van der Waals surface area contributed by atoms with Crippen molar-refractivity contribution in [2.75, 3.05) is 35.2 Å². The number of hydrogen-bond donors (Lipinski definition) is 1. The molecule has 0 bridgehead atoms. The molecule has 10 nitrogen and oxygen atoms in total. The van der Waals surface area contributed by atoms with Gasteiger partial charge < -0.3 is 43.1 Å². The van der Waals surface area contributed by atoms with E-state index in [0.29, 0.717) is 58.1 Å². The van der Waals surface area contributed by atoms with Crippen LogP contribution in [0.25, 0.3) is 11.1 Å². The van der Waals surface area contributed by atoms with Crippen LogP contribution in [0.5, 0.6) is 34.5 Å². The summed E-state index contributed by atoms with van der Waals surface area (Å²) >= 11 is 0. The second-order valence-electron chi connectivity index (χ2n) is 9.36. The molecule has 0 unspecified atom stereocenters. The zero-order chi connectivity index (χ0) is 27.1. The molecule has 1 aliphatic carbocycles. The van der Waals surface area contributed by atoms with Crippen molar-refractivity contribution >= 4 is 12.3 Å². The molecular weight excluding hydrogens is 484 g/mol. The summed E-state index contributed by atoms with van der Waals surface area (Å²) in [5.74, 6) is -0.000931. The van der Waals surface area contributed by atoms with Gasteiger partial charge in [-0.2, -0.15) is 0 Å². The van der Waals surface area contributed by atoms with Crippen LogP contribution in [0.15, 0.2) is 12.1 Å². The van der Waals surface area contributed by atoms with Crippen LogP contribution >= 0.6 is 0 Å². The third-order valence-electron chi connectivity index (χ3n) is 7.16. The van der Waals surface area contributed by atoms with E-state index >= 15 is 0 Å². The molecule has 0 radical (unpaired) electrons. The number of carbonyl (C=O) groups excluding carboxylic acids is 2. The molecule has 1 aliphatic heterocycles. The molecule has 4 atom stereocenters. The predicted octanol–water partition coefficient (Wildman–Crippen LogP) is 3.48. The number of benzene rings is 2. The van der Waals surface area contributed by atoms with Gasteiger partial charge in [0.25, 0.3) is 0 Å². The first-order valence-electron chi connectivity index (χ1n) is 11.8. The van der Waals surface area contributed by atoms with Crippen molar-refractivity contribution in [3.05, 3.63) is 23.3 Å². The Bertz CT molecular complexity index is 1220. The fraction of sp³-hybridized carbons (Fsp3) is 0.481. The molecule has 10 heteroatoms. The van der Waals surface area contributed by atoms with Crippen molar-refractivity contribution in [2.24, 2.45) is 11.8 Å². The van der Waals surface area contributed by atoms with E-state index in [4.69, 9.17) is 33.2 Å². The summed E-state index contributed by atoms with van der Waals surface area (Å²) in [4.78, 5) is 24.2. The summed E-state index contributed by atoms with van der Waals surface area (Å²) in [7, 11) is 5.95. The first-order valence-corrected chi connectivity index (χ1v) is 11.8. The van der Waals surface area contributed by atoms with Gasteiger partial charge >= 0.3 is 5.97 Å². The number of carbonyl (C=O) groups is 2. The predicted molar refractivity (Wildman–Crippen MR) is 132 cm³/mol. The molecule has 0 saturated heterocycles. The van der Waals surface area contributed by atoms with Crippen LogP contribution in [0.4, 0.5) is 0 Å². The smallest absolute Gasteiger partial charge is 0.316 e. The molecule has 1 N–H and O–H groups in total. The average molecular weight is 517 g/mol. The van der Waals surface area contributed by atoms with Gasteiger partial charge in [-0.25, -0.2) is 0 Å². The van der Waals surface area contributed by atoms with Gasteiger partial charge in [0.05, 0.1) is 28.4 Å². The summed E-state index contributed by atoms with van der Waals surface area (Å²) in [5.41, 5.74) is 0.696. The van der Waals surface area contributed by atoms with Crippen molar-refractivity contribution in [1.82, 2.24) is 0 Å². The minimum absolute atomic E-state index is 0.0294. The third-order valence-corrected chi connectivity index (χ3v) is 7.16. The Kier molecular flexibility index (Phi) is 7.14. The number of hydrogen-bond acceptors (Lipinski definition) is 10. The Hall–Kier alpha value is -3.66. The minimum Gasteiger partial charge on any atom is -0.493 e. The molecule has 2 aliphatic rings. The maximum Gasteiger partial charge on any atom is 0.316 e. The molecule has 1 heterocycles. The largest absolute Gasteiger partial charge is 0.493 e. The average Bonchev–Trinajstić information content (AvgIpc) is 3.36. The first kappa shape index (κ1) is 26.4. The van der Waals surface area contributed by atoms with Gasteiger partial charge in [-0.15, -0.1) is 0 Å². The fourth-order valence-electron chi connectivity index (χ4n) is 4.90. The summed E-state index contributed by atoms with van der Waals surface area (Å²) in [6, 6.07) is 3.49. The zero-order valence-corrected chi connectivity index (χ0v) is 22.0. The van der Waals surface area contributed by atoms with Crippen molar-refractivity contribution < 1.29 is 47.9 Å². The molecule has 37 heavy (non-hydrogen) atoms. The lowest BCUT2D eigenvalue weighted by Crippen LogP contribution is -2.44. The number of esters is 1. The number of ether oxygens (including phenoxy) is 7. The second kappa shape index (κ2) is 10.0. The van der Waals surface area contributed by atoms with Gasteiger partial charge in [0.15, 0.2) is 29.1 Å². The SMILES string of the molecule is COc1cc2c(c(OC)c1OC)-c1c(cc3c(c1OC)OCO3)C[C@@H](C)[C@](C)(O)[C@H]2OC(=O)[C@H](C)C=O. The lowest BCUT2D eigenvalue weighted by molar-refractivity contribution is -0.175. The Morgan fingerprint density at radius 1 is 1.05 bits per heavy atom. The maximum atomic E-state index is 12.9. The second-order valence-corrected chi connectivity index (χ2v) is 9.36. The quantitative estimate of drug-likeness (QED) is 0.333. The number of aldehydes is 1. The highest BCUT2D eigenvalue weighted by Crippen LogP contribution is 2.59. The van der Waals surface area contributed by atoms with Gasteiger partial charge in [-0.05, 0) is 43.9 Å². The Labute approximate surface area is 215 Å². The van der Waals surface area contributed by atoms with Crippen molar-refractivity contribution in [1.29, 1.82) is 0 Å². The van der Waals surface area contributed by atoms with Crippen LogP contribution in [0.1, 0.15) is 38.0 Å². The zero-order valence-electron chi connectivity index (χ0n) is 22.0. The Morgan fingerprint density at radius 2 is 1.73 bits per heavy atom. The fourth-order valence-corrected chi connectivity index (χ4v) is 4.90. The first-order chi connectivity index (χ1) is 17.6. The van der Waals surface area contributed by atoms with E-state index in [1.165, 1.54) is 35.4 Å². The molecule has 2 aromatic rings. The van der Waals surface area contributed by atoms with Crippen molar-refractivity contribution in [3.63, 3.8) is 0 Å². The number of aliphatic hydroxyl groups is 1. The molecule has 2 aromatic carbocycles. The topological polar surface area (TPSA) is 119 Å². The Morgan fingerprint density at radius 3 is 2.32 bits per heavy atom. The van der Waals surface area contributed by atoms with E-state index in [0.717, 1.165) is 5.56 Å². The molecule has 0 saturated carbocycles. The van der Waals surface area contributed by atoms with Crippen LogP contribution < -0.4 is 28.4 Å². The minimum atomic E-state index is -1.57. The van der Waals surface area contributed by atoms with E-state index in [-0.39, 0.29) is 12.5 Å². The van der Waals surface area contributed by atoms with Crippen LogP contribution in [0.2, 0.25) is 0 Å². The number of rotatable bonds is 7. The number of fused-ring (bicyclic) bond motifs is 4. The van der Waals surface area contributed by atoms with E-state index in [2.05, 4.69) is 0 Å². The highest BCUT2D eigenvalue weighted by molar-refractivity contribution is 5.90. The summed E-state index contributed by atoms with van der Waals surface area (Å²) in [6.07, 6.45) is -0.341. The van der Waals surface area contributed by atoms with Gasteiger partial charge in [0, 0.05) is 16.7 Å².